The molecular formula is C70H73N4OPt-3. The van der Waals surface area contributed by atoms with Crippen molar-refractivity contribution in [3.63, 3.8) is 0 Å². The van der Waals surface area contributed by atoms with Gasteiger partial charge in [-0.1, -0.05) is 217 Å². The fraction of sp³-hybridized carbons (Fsp3) is 0.286. The molecule has 3 heterocycles. The fourth-order valence-corrected chi connectivity index (χ4v) is 11.0. The van der Waals surface area contributed by atoms with Gasteiger partial charge in [0.05, 0.1) is 0 Å². The van der Waals surface area contributed by atoms with Crippen molar-refractivity contribution in [3.05, 3.63) is 234 Å². The van der Waals surface area contributed by atoms with Crippen LogP contribution in [0.4, 0.5) is 11.4 Å². The minimum Gasteiger partial charge on any atom is -0.509 e. The first-order chi connectivity index (χ1) is 35.6. The normalized spacial score (nSPS) is 13.5. The first-order valence-corrected chi connectivity index (χ1v) is 26.8. The predicted octanol–water partition coefficient (Wildman–Crippen LogP) is 18.8. The van der Waals surface area contributed by atoms with Crippen LogP contribution in [0.15, 0.2) is 176 Å². The molecule has 0 saturated heterocycles. The van der Waals surface area contributed by atoms with E-state index < -0.39 is 5.41 Å². The SMILES string of the molecule is CC(C)c1cccc(C(C)C)c1-c1cc(Oc2[c-]c3c(c(C(C)(C)c4ccccc4)c2)c2ccccc2n3-c2cc(C(C)(C)c3ccccc3)ccn2)[c-]c(N2C=C(C(C)(C)C)N(c3cccc(C(C)(C)C)c3)[CH-]2)c1.[Pt]. The molecule has 5 nitrogen and oxygen atoms in total. The zero-order valence-corrected chi connectivity index (χ0v) is 49.2. The van der Waals surface area contributed by atoms with Gasteiger partial charge >= 0.3 is 0 Å². The van der Waals surface area contributed by atoms with Crippen LogP contribution >= 0.6 is 0 Å². The smallest absolute Gasteiger partial charge is 0.135 e. The van der Waals surface area contributed by atoms with Crippen LogP contribution in [0.5, 0.6) is 11.5 Å². The first kappa shape index (κ1) is 54.1. The molecule has 0 bridgehead atoms. The summed E-state index contributed by atoms with van der Waals surface area (Å²) >= 11 is 0. The van der Waals surface area contributed by atoms with Gasteiger partial charge in [0.1, 0.15) is 5.82 Å². The summed E-state index contributed by atoms with van der Waals surface area (Å²) < 4.78 is 9.67. The molecule has 6 heteroatoms. The van der Waals surface area contributed by atoms with Crippen LogP contribution in [0.2, 0.25) is 0 Å². The molecule has 0 spiro atoms. The Bertz CT molecular complexity index is 3560. The Morgan fingerprint density at radius 2 is 1.14 bits per heavy atom. The molecule has 0 aliphatic carbocycles. The minimum absolute atomic E-state index is 0. The van der Waals surface area contributed by atoms with E-state index in [4.69, 9.17) is 9.72 Å². The number of benzene rings is 7. The number of pyridine rings is 1. The van der Waals surface area contributed by atoms with Crippen molar-refractivity contribution in [2.75, 3.05) is 9.80 Å². The van der Waals surface area contributed by atoms with Crippen molar-refractivity contribution >= 4 is 33.2 Å². The van der Waals surface area contributed by atoms with Crippen LogP contribution in [0.25, 0.3) is 38.8 Å². The Labute approximate surface area is 467 Å². The van der Waals surface area contributed by atoms with Gasteiger partial charge in [0, 0.05) is 66.5 Å². The summed E-state index contributed by atoms with van der Waals surface area (Å²) in [5, 5.41) is 2.25. The molecule has 2 aromatic heterocycles. The maximum absolute atomic E-state index is 7.38. The summed E-state index contributed by atoms with van der Waals surface area (Å²) in [7, 11) is 0. The summed E-state index contributed by atoms with van der Waals surface area (Å²) in [6.07, 6.45) is 4.23. The molecule has 0 fully saturated rings. The van der Waals surface area contributed by atoms with Crippen molar-refractivity contribution in [2.24, 2.45) is 5.41 Å². The van der Waals surface area contributed by atoms with E-state index in [0.29, 0.717) is 11.5 Å². The molecule has 9 aromatic rings. The van der Waals surface area contributed by atoms with Crippen LogP contribution in [0, 0.1) is 24.2 Å². The number of hydrogen-bond donors (Lipinski definition) is 0. The van der Waals surface area contributed by atoms with Crippen molar-refractivity contribution in [1.29, 1.82) is 0 Å². The van der Waals surface area contributed by atoms with E-state index in [-0.39, 0.29) is 49.1 Å². The first-order valence-electron chi connectivity index (χ1n) is 26.8. The third kappa shape index (κ3) is 10.2. The van der Waals surface area contributed by atoms with Crippen LogP contribution in [0.3, 0.4) is 0 Å². The van der Waals surface area contributed by atoms with Crippen LogP contribution in [0.1, 0.15) is 148 Å². The third-order valence-electron chi connectivity index (χ3n) is 15.5. The topological polar surface area (TPSA) is 33.5 Å². The molecule has 1 aliphatic heterocycles. The van der Waals surface area contributed by atoms with Gasteiger partial charge in [-0.2, -0.15) is 0 Å². The molecule has 392 valence electrons. The Morgan fingerprint density at radius 3 is 1.78 bits per heavy atom. The Kier molecular flexibility index (Phi) is 14.7. The van der Waals surface area contributed by atoms with E-state index in [9.17, 15) is 0 Å². The molecule has 10 rings (SSSR count). The second-order valence-corrected chi connectivity index (χ2v) is 24.3. The number of para-hydroxylation sites is 1. The summed E-state index contributed by atoms with van der Waals surface area (Å²) in [5.74, 6) is 2.61. The van der Waals surface area contributed by atoms with E-state index in [2.05, 4.69) is 294 Å². The van der Waals surface area contributed by atoms with Gasteiger partial charge in [-0.3, -0.25) is 0 Å². The zero-order valence-electron chi connectivity index (χ0n) is 46.9. The van der Waals surface area contributed by atoms with Gasteiger partial charge in [0.2, 0.25) is 0 Å². The standard InChI is InChI=1S/C70H73N4O.Pt/c1-46(2)57-32-24-33-58(47(3)4)65(57)48-37-54(72-44-63(68(8,9)10)73(45-72)53-30-23-29-51(39-53)67(5,6)7)41-55(38-48)75-56-42-60(70(13,14)50-27-19-16-20-28-50)66-59-31-21-22-34-61(59)74(62(66)43-56)64-40-52(35-36-71-64)69(11,12)49-25-17-15-18-26-49;/h15-40,42,44-47H,1-14H3;/q-3;. The molecule has 0 radical (unpaired) electrons. The van der Waals surface area contributed by atoms with Gasteiger partial charge in [-0.25, -0.2) is 4.98 Å². The Hall–Kier alpha value is -6.68. The number of nitrogens with zero attached hydrogens (tertiary/aromatic N) is 4. The van der Waals surface area contributed by atoms with Crippen LogP contribution < -0.4 is 14.5 Å². The molecule has 0 N–H and O–H groups in total. The number of hydrogen-bond acceptors (Lipinski definition) is 4. The monoisotopic (exact) mass is 1180 g/mol. The van der Waals surface area contributed by atoms with Gasteiger partial charge in [-0.05, 0) is 104 Å². The second-order valence-electron chi connectivity index (χ2n) is 24.3. The van der Waals surface area contributed by atoms with E-state index in [1.807, 2.05) is 6.20 Å². The molecule has 0 unspecified atom stereocenters. The van der Waals surface area contributed by atoms with E-state index in [1.165, 1.54) is 44.6 Å². The Morgan fingerprint density at radius 1 is 0.553 bits per heavy atom. The maximum Gasteiger partial charge on any atom is 0.135 e. The number of allylic oxidation sites excluding steroid dienone is 1. The molecule has 0 saturated carbocycles. The van der Waals surface area contributed by atoms with Crippen molar-refractivity contribution in [2.45, 2.75) is 125 Å². The average molecular weight is 1180 g/mol. The average Bonchev–Trinajstić information content (AvgIpc) is 4.00. The van der Waals surface area contributed by atoms with Gasteiger partial charge in [-0.15, -0.1) is 53.8 Å². The van der Waals surface area contributed by atoms with Crippen LogP contribution in [-0.4, -0.2) is 9.55 Å². The number of anilines is 2. The van der Waals surface area contributed by atoms with E-state index in [0.717, 1.165) is 50.1 Å². The molecule has 0 atom stereocenters. The molecule has 0 amide bonds. The van der Waals surface area contributed by atoms with Crippen molar-refractivity contribution in [3.8, 4) is 28.4 Å². The van der Waals surface area contributed by atoms with Gasteiger partial charge in [0.25, 0.3) is 0 Å². The summed E-state index contributed by atoms with van der Waals surface area (Å²) in [4.78, 5) is 9.73. The summed E-state index contributed by atoms with van der Waals surface area (Å²) in [6, 6.07) is 64.8. The van der Waals surface area contributed by atoms with Gasteiger partial charge < -0.3 is 19.1 Å². The second kappa shape index (κ2) is 20.7. The zero-order chi connectivity index (χ0) is 53.2. The largest absolute Gasteiger partial charge is 0.509 e. The van der Waals surface area contributed by atoms with Gasteiger partial charge in [0.15, 0.2) is 0 Å². The number of fused-ring (bicyclic) bond motifs is 3. The molecule has 76 heavy (non-hydrogen) atoms. The third-order valence-corrected chi connectivity index (χ3v) is 15.5. The molecule has 7 aromatic carbocycles. The predicted molar refractivity (Wildman–Crippen MR) is 315 cm³/mol. The van der Waals surface area contributed by atoms with Crippen LogP contribution in [-0.2, 0) is 37.3 Å². The van der Waals surface area contributed by atoms with E-state index in [1.54, 1.807) is 0 Å². The molecule has 1 aliphatic rings. The summed E-state index contributed by atoms with van der Waals surface area (Å²) in [5.41, 5.74) is 15.2. The number of rotatable bonds is 12. The number of aromatic nitrogens is 2. The van der Waals surface area contributed by atoms with E-state index >= 15 is 0 Å². The summed E-state index contributed by atoms with van der Waals surface area (Å²) in [6.45, 7) is 34.3. The Balaban J connectivity index is 0.00000706. The number of ether oxygens (including phenoxy) is 1. The van der Waals surface area contributed by atoms with Crippen molar-refractivity contribution in [1.82, 2.24) is 9.55 Å². The maximum atomic E-state index is 7.38. The fourth-order valence-electron chi connectivity index (χ4n) is 11.0. The molecular weight excluding hydrogens is 1110 g/mol. The van der Waals surface area contributed by atoms with Crippen molar-refractivity contribution < 1.29 is 25.8 Å². The quantitative estimate of drug-likeness (QED) is 0.114. The minimum atomic E-state index is -0.447.